The summed E-state index contributed by atoms with van der Waals surface area (Å²) in [5, 5.41) is 0. The van der Waals surface area contributed by atoms with Gasteiger partial charge < -0.3 is 0 Å². The lowest BCUT2D eigenvalue weighted by molar-refractivity contribution is 0.183. The van der Waals surface area contributed by atoms with E-state index in [0.29, 0.717) is 5.41 Å². The lowest BCUT2D eigenvalue weighted by Crippen LogP contribution is -2.23. The quantitative estimate of drug-likeness (QED) is 0.540. The van der Waals surface area contributed by atoms with Crippen molar-refractivity contribution >= 4 is 0 Å². The van der Waals surface area contributed by atoms with Gasteiger partial charge >= 0.3 is 0 Å². The van der Waals surface area contributed by atoms with Crippen LogP contribution in [0.1, 0.15) is 47.5 Å². The van der Waals surface area contributed by atoms with Crippen LogP contribution in [-0.4, -0.2) is 0 Å². The normalized spacial score (nSPS) is 42.8. The predicted molar refractivity (Wildman–Crippen MR) is 50.5 cm³/mol. The Morgan fingerprint density at radius 1 is 1.27 bits per heavy atom. The van der Waals surface area contributed by atoms with Gasteiger partial charge in [0.05, 0.1) is 0 Å². The van der Waals surface area contributed by atoms with Crippen molar-refractivity contribution in [2.75, 3.05) is 0 Å². The fraction of sp³-hybridized carbons (Fsp3) is 1.00. The van der Waals surface area contributed by atoms with E-state index in [-0.39, 0.29) is 0 Å². The molecule has 0 heteroatoms. The van der Waals surface area contributed by atoms with E-state index in [1.54, 1.807) is 0 Å². The van der Waals surface area contributed by atoms with Crippen molar-refractivity contribution < 1.29 is 0 Å². The monoisotopic (exact) mass is 154 g/mol. The van der Waals surface area contributed by atoms with E-state index < -0.39 is 0 Å². The highest BCUT2D eigenvalue weighted by atomic mass is 14.5. The molecule has 0 bridgehead atoms. The summed E-state index contributed by atoms with van der Waals surface area (Å²) in [5.41, 5.74) is 0.591. The third-order valence-corrected chi connectivity index (χ3v) is 4.23. The van der Waals surface area contributed by atoms with Gasteiger partial charge in [-0.2, -0.15) is 0 Å². The van der Waals surface area contributed by atoms with Crippen LogP contribution in [0.25, 0.3) is 0 Å². The summed E-state index contributed by atoms with van der Waals surface area (Å²) in [6.07, 6.45) is 2.81. The molecule has 66 valence electrons. The highest BCUT2D eigenvalue weighted by molar-refractivity contribution is 4.92. The van der Waals surface area contributed by atoms with E-state index in [4.69, 9.17) is 0 Å². The third kappa shape index (κ3) is 1.32. The molecule has 1 aliphatic carbocycles. The molecule has 1 rings (SSSR count). The first-order valence-corrected chi connectivity index (χ1v) is 5.00. The summed E-state index contributed by atoms with van der Waals surface area (Å²) >= 11 is 0. The minimum Gasteiger partial charge on any atom is -0.0651 e. The molecule has 0 aliphatic heterocycles. The summed E-state index contributed by atoms with van der Waals surface area (Å²) in [4.78, 5) is 0. The minimum atomic E-state index is 0.591. The molecule has 0 aromatic rings. The van der Waals surface area contributed by atoms with Crippen LogP contribution in [0.5, 0.6) is 0 Å². The maximum atomic E-state index is 2.44. The molecule has 1 saturated carbocycles. The molecule has 11 heavy (non-hydrogen) atoms. The van der Waals surface area contributed by atoms with Crippen LogP contribution in [0.3, 0.4) is 0 Å². The van der Waals surface area contributed by atoms with Crippen molar-refractivity contribution in [1.29, 1.82) is 0 Å². The first-order valence-electron chi connectivity index (χ1n) is 5.00. The lowest BCUT2D eigenvalue weighted by atomic mass is 9.74. The van der Waals surface area contributed by atoms with Crippen molar-refractivity contribution in [2.45, 2.75) is 47.5 Å². The summed E-state index contributed by atoms with van der Waals surface area (Å²) < 4.78 is 0. The maximum absolute atomic E-state index is 2.44. The zero-order valence-electron chi connectivity index (χ0n) is 8.65. The van der Waals surface area contributed by atoms with Crippen molar-refractivity contribution in [1.82, 2.24) is 0 Å². The van der Waals surface area contributed by atoms with Gasteiger partial charge in [0.25, 0.3) is 0 Å². The number of hydrogen-bond donors (Lipinski definition) is 0. The van der Waals surface area contributed by atoms with Crippen molar-refractivity contribution in [3.8, 4) is 0 Å². The number of hydrogen-bond acceptors (Lipinski definition) is 0. The molecule has 0 nitrogen and oxygen atoms in total. The zero-order valence-corrected chi connectivity index (χ0v) is 8.65. The Hall–Kier alpha value is 0. The first kappa shape index (κ1) is 9.09. The van der Waals surface area contributed by atoms with Gasteiger partial charge in [-0.3, -0.25) is 0 Å². The van der Waals surface area contributed by atoms with Crippen molar-refractivity contribution in [3.05, 3.63) is 0 Å². The van der Waals surface area contributed by atoms with E-state index in [1.165, 1.54) is 12.8 Å². The Morgan fingerprint density at radius 3 is 2.00 bits per heavy atom. The summed E-state index contributed by atoms with van der Waals surface area (Å²) in [6.45, 7) is 12.0. The molecular weight excluding hydrogens is 132 g/mol. The van der Waals surface area contributed by atoms with E-state index in [1.807, 2.05) is 0 Å². The average molecular weight is 154 g/mol. The fourth-order valence-corrected chi connectivity index (χ4v) is 2.75. The van der Waals surface area contributed by atoms with E-state index >= 15 is 0 Å². The van der Waals surface area contributed by atoms with Crippen LogP contribution in [0.4, 0.5) is 0 Å². The Labute approximate surface area is 71.4 Å². The Kier molecular flexibility index (Phi) is 2.32. The molecule has 0 heterocycles. The van der Waals surface area contributed by atoms with Gasteiger partial charge in [0, 0.05) is 0 Å². The third-order valence-electron chi connectivity index (χ3n) is 4.23. The van der Waals surface area contributed by atoms with Gasteiger partial charge in [-0.15, -0.1) is 0 Å². The van der Waals surface area contributed by atoms with Crippen LogP contribution in [0, 0.1) is 23.2 Å². The zero-order chi connectivity index (χ0) is 8.65. The molecular formula is C11H22. The molecule has 1 aliphatic rings. The molecule has 3 unspecified atom stereocenters. The first-order chi connectivity index (χ1) is 5.00. The van der Waals surface area contributed by atoms with Crippen molar-refractivity contribution in [2.24, 2.45) is 23.2 Å². The molecule has 3 atom stereocenters. The fourth-order valence-electron chi connectivity index (χ4n) is 2.75. The molecule has 0 aromatic carbocycles. The Morgan fingerprint density at radius 2 is 1.82 bits per heavy atom. The molecule has 0 aromatic heterocycles. The largest absolute Gasteiger partial charge is 0.0651 e. The van der Waals surface area contributed by atoms with Crippen LogP contribution in [-0.2, 0) is 0 Å². The Balaban J connectivity index is 2.74. The van der Waals surface area contributed by atoms with Gasteiger partial charge in [-0.1, -0.05) is 41.0 Å². The molecule has 0 amide bonds. The van der Waals surface area contributed by atoms with Crippen molar-refractivity contribution in [3.63, 3.8) is 0 Å². The number of rotatable bonds is 1. The summed E-state index contributed by atoms with van der Waals surface area (Å²) in [7, 11) is 0. The van der Waals surface area contributed by atoms with Gasteiger partial charge in [0.1, 0.15) is 0 Å². The van der Waals surface area contributed by atoms with E-state index in [0.717, 1.165) is 17.8 Å². The molecule has 0 saturated heterocycles. The van der Waals surface area contributed by atoms with Crippen LogP contribution in [0.2, 0.25) is 0 Å². The lowest BCUT2D eigenvalue weighted by Gasteiger charge is -2.31. The van der Waals surface area contributed by atoms with Crippen LogP contribution >= 0.6 is 0 Å². The smallest absolute Gasteiger partial charge is 0.0298 e. The van der Waals surface area contributed by atoms with E-state index in [9.17, 15) is 0 Å². The van der Waals surface area contributed by atoms with Crippen LogP contribution < -0.4 is 0 Å². The van der Waals surface area contributed by atoms with Crippen LogP contribution in [0.15, 0.2) is 0 Å². The minimum absolute atomic E-state index is 0.591. The second-order valence-corrected chi connectivity index (χ2v) is 4.93. The maximum Gasteiger partial charge on any atom is -0.0298 e. The standard InChI is InChI=1S/C11H22/c1-6-10-7-8(2)9(3)11(10,4)5/h8-10H,6-7H2,1-5H3. The highest BCUT2D eigenvalue weighted by Crippen LogP contribution is 2.51. The summed E-state index contributed by atoms with van der Waals surface area (Å²) in [5.74, 6) is 2.81. The van der Waals surface area contributed by atoms with Gasteiger partial charge in [-0.05, 0) is 29.6 Å². The Bertz CT molecular complexity index is 135. The second kappa shape index (κ2) is 2.80. The van der Waals surface area contributed by atoms with E-state index in [2.05, 4.69) is 34.6 Å². The van der Waals surface area contributed by atoms with Gasteiger partial charge in [-0.25, -0.2) is 0 Å². The predicted octanol–water partition coefficient (Wildman–Crippen LogP) is 3.71. The highest BCUT2D eigenvalue weighted by Gasteiger charge is 2.43. The van der Waals surface area contributed by atoms with Gasteiger partial charge in [0.15, 0.2) is 0 Å². The SMILES string of the molecule is CCC1CC(C)C(C)C1(C)C. The molecule has 0 spiro atoms. The average Bonchev–Trinajstić information content (AvgIpc) is 2.13. The summed E-state index contributed by atoms with van der Waals surface area (Å²) in [6, 6.07) is 0. The topological polar surface area (TPSA) is 0 Å². The second-order valence-electron chi connectivity index (χ2n) is 4.93. The van der Waals surface area contributed by atoms with Gasteiger partial charge in [0.2, 0.25) is 0 Å². The molecule has 0 N–H and O–H groups in total. The molecule has 1 fully saturated rings. The molecule has 0 radical (unpaired) electrons.